The van der Waals surface area contributed by atoms with Crippen molar-refractivity contribution in [1.82, 2.24) is 24.5 Å². The van der Waals surface area contributed by atoms with E-state index in [1.165, 1.54) is 12.4 Å². The van der Waals surface area contributed by atoms with E-state index in [-0.39, 0.29) is 11.3 Å². The molecule has 0 amide bonds. The number of ether oxygens (including phenoxy) is 1. The van der Waals surface area contributed by atoms with Gasteiger partial charge >= 0.3 is 6.55 Å². The number of fused-ring (bicyclic) bond motifs is 1. The SMILES string of the molecule is O=c1[nH]c(CC2CCOCC2)nc2c(-c3cn(C(F)F)cn3)nccc12. The highest BCUT2D eigenvalue weighted by Crippen LogP contribution is 2.24. The number of pyridine rings is 1. The minimum atomic E-state index is -2.69. The predicted octanol–water partition coefficient (Wildman–Crippen LogP) is 2.55. The second-order valence-corrected chi connectivity index (χ2v) is 6.31. The molecule has 3 aromatic rings. The summed E-state index contributed by atoms with van der Waals surface area (Å²) in [5, 5.41) is 0.359. The Morgan fingerprint density at radius 1 is 1.31 bits per heavy atom. The number of hydrogen-bond acceptors (Lipinski definition) is 5. The van der Waals surface area contributed by atoms with Gasteiger partial charge in [-0.2, -0.15) is 8.78 Å². The molecule has 0 radical (unpaired) electrons. The van der Waals surface area contributed by atoms with Crippen molar-refractivity contribution >= 4 is 10.9 Å². The predicted molar refractivity (Wildman–Crippen MR) is 89.9 cm³/mol. The smallest absolute Gasteiger partial charge is 0.319 e. The van der Waals surface area contributed by atoms with Gasteiger partial charge in [-0.05, 0) is 24.8 Å². The van der Waals surface area contributed by atoms with Gasteiger partial charge in [0.2, 0.25) is 0 Å². The van der Waals surface area contributed by atoms with Crippen LogP contribution in [0.3, 0.4) is 0 Å². The fraction of sp³-hybridized carbons (Fsp3) is 0.412. The lowest BCUT2D eigenvalue weighted by Crippen LogP contribution is -2.21. The van der Waals surface area contributed by atoms with Crippen LogP contribution in [0.4, 0.5) is 8.78 Å². The van der Waals surface area contributed by atoms with Crippen LogP contribution in [0.1, 0.15) is 25.2 Å². The molecule has 9 heteroatoms. The van der Waals surface area contributed by atoms with Crippen LogP contribution in [0.25, 0.3) is 22.3 Å². The van der Waals surface area contributed by atoms with Crippen molar-refractivity contribution in [3.63, 3.8) is 0 Å². The molecule has 0 aliphatic carbocycles. The molecule has 26 heavy (non-hydrogen) atoms. The average Bonchev–Trinajstić information content (AvgIpc) is 3.12. The molecule has 1 aliphatic rings. The van der Waals surface area contributed by atoms with Crippen LogP contribution in [0.2, 0.25) is 0 Å². The summed E-state index contributed by atoms with van der Waals surface area (Å²) in [6, 6.07) is 1.56. The Morgan fingerprint density at radius 2 is 2.12 bits per heavy atom. The maximum atomic E-state index is 12.8. The summed E-state index contributed by atoms with van der Waals surface area (Å²) < 4.78 is 31.7. The minimum Gasteiger partial charge on any atom is -0.381 e. The van der Waals surface area contributed by atoms with Gasteiger partial charge in [0.15, 0.2) is 0 Å². The Kier molecular flexibility index (Phi) is 4.46. The Balaban J connectivity index is 1.76. The van der Waals surface area contributed by atoms with Crippen LogP contribution < -0.4 is 5.56 Å². The van der Waals surface area contributed by atoms with Gasteiger partial charge in [0.25, 0.3) is 5.56 Å². The molecule has 1 fully saturated rings. The molecular weight excluding hydrogens is 344 g/mol. The monoisotopic (exact) mass is 361 g/mol. The Morgan fingerprint density at radius 3 is 2.85 bits per heavy atom. The van der Waals surface area contributed by atoms with Crippen molar-refractivity contribution in [2.24, 2.45) is 5.92 Å². The van der Waals surface area contributed by atoms with Gasteiger partial charge in [0, 0.05) is 32.0 Å². The lowest BCUT2D eigenvalue weighted by atomic mass is 9.96. The molecule has 136 valence electrons. The largest absolute Gasteiger partial charge is 0.381 e. The van der Waals surface area contributed by atoms with Crippen LogP contribution in [0.5, 0.6) is 0 Å². The van der Waals surface area contributed by atoms with E-state index in [2.05, 4.69) is 19.9 Å². The van der Waals surface area contributed by atoms with E-state index in [1.54, 1.807) is 6.07 Å². The van der Waals surface area contributed by atoms with Gasteiger partial charge in [-0.15, -0.1) is 0 Å². The fourth-order valence-electron chi connectivity index (χ4n) is 3.19. The van der Waals surface area contributed by atoms with E-state index in [1.807, 2.05) is 0 Å². The van der Waals surface area contributed by atoms with Crippen LogP contribution in [0.15, 0.2) is 29.6 Å². The van der Waals surface area contributed by atoms with E-state index in [4.69, 9.17) is 4.74 Å². The summed E-state index contributed by atoms with van der Waals surface area (Å²) >= 11 is 0. The molecule has 0 aromatic carbocycles. The van der Waals surface area contributed by atoms with Crippen LogP contribution in [-0.4, -0.2) is 37.7 Å². The van der Waals surface area contributed by atoms with Gasteiger partial charge in [-0.3, -0.25) is 14.3 Å². The summed E-state index contributed by atoms with van der Waals surface area (Å²) in [7, 11) is 0. The van der Waals surface area contributed by atoms with Crippen molar-refractivity contribution < 1.29 is 13.5 Å². The first-order valence-electron chi connectivity index (χ1n) is 8.39. The molecule has 0 saturated carbocycles. The zero-order valence-corrected chi connectivity index (χ0v) is 13.9. The zero-order chi connectivity index (χ0) is 18.1. The summed E-state index contributed by atoms with van der Waals surface area (Å²) in [6.45, 7) is -1.27. The summed E-state index contributed by atoms with van der Waals surface area (Å²) in [6.07, 6.45) is 6.16. The van der Waals surface area contributed by atoms with E-state index in [9.17, 15) is 13.6 Å². The van der Waals surface area contributed by atoms with E-state index in [0.717, 1.165) is 19.2 Å². The Hall–Kier alpha value is -2.68. The Labute approximate surface area is 147 Å². The molecule has 4 rings (SSSR count). The Bertz CT molecular complexity index is 979. The van der Waals surface area contributed by atoms with Gasteiger partial charge in [-0.1, -0.05) is 0 Å². The number of nitrogens with zero attached hydrogens (tertiary/aromatic N) is 4. The van der Waals surface area contributed by atoms with Crippen molar-refractivity contribution in [1.29, 1.82) is 0 Å². The van der Waals surface area contributed by atoms with Crippen LogP contribution in [-0.2, 0) is 11.2 Å². The number of nitrogens with one attached hydrogen (secondary N) is 1. The maximum Gasteiger partial charge on any atom is 0.319 e. The van der Waals surface area contributed by atoms with Crippen LogP contribution >= 0.6 is 0 Å². The average molecular weight is 361 g/mol. The molecule has 0 unspecified atom stereocenters. The molecule has 0 spiro atoms. The number of alkyl halides is 2. The normalized spacial score (nSPS) is 15.8. The lowest BCUT2D eigenvalue weighted by Gasteiger charge is -2.21. The maximum absolute atomic E-state index is 12.8. The van der Waals surface area contributed by atoms with Gasteiger partial charge in [0.05, 0.1) is 11.7 Å². The van der Waals surface area contributed by atoms with Crippen molar-refractivity contribution in [2.75, 3.05) is 13.2 Å². The van der Waals surface area contributed by atoms with Gasteiger partial charge in [-0.25, -0.2) is 9.97 Å². The molecule has 0 atom stereocenters. The fourth-order valence-corrected chi connectivity index (χ4v) is 3.19. The number of H-pyrrole nitrogens is 1. The third kappa shape index (κ3) is 3.22. The molecule has 0 bridgehead atoms. The molecule has 7 nitrogen and oxygen atoms in total. The first-order valence-corrected chi connectivity index (χ1v) is 8.39. The number of hydrogen-bond donors (Lipinski definition) is 1. The quantitative estimate of drug-likeness (QED) is 0.772. The van der Waals surface area contributed by atoms with E-state index >= 15 is 0 Å². The molecule has 4 heterocycles. The first kappa shape index (κ1) is 16.8. The number of rotatable bonds is 4. The lowest BCUT2D eigenvalue weighted by molar-refractivity contribution is 0.0660. The molecule has 1 aliphatic heterocycles. The van der Waals surface area contributed by atoms with Gasteiger partial charge < -0.3 is 9.72 Å². The van der Waals surface area contributed by atoms with Crippen molar-refractivity contribution in [3.05, 3.63) is 41.0 Å². The van der Waals surface area contributed by atoms with Gasteiger partial charge in [0.1, 0.15) is 22.7 Å². The molecule has 1 N–H and O–H groups in total. The first-order chi connectivity index (χ1) is 12.6. The number of imidazole rings is 1. The molecular formula is C17H17F2N5O2. The standard InChI is InChI=1S/C17H17F2N5O2/c18-17(19)24-8-12(21-9-24)15-14-11(1-4-20-15)16(25)23-13(22-14)7-10-2-5-26-6-3-10/h1,4,8-10,17H,2-3,5-7H2,(H,22,23,25). The molecule has 3 aromatic heterocycles. The highest BCUT2D eigenvalue weighted by atomic mass is 19.3. The van der Waals surface area contributed by atoms with E-state index in [0.29, 0.717) is 52.5 Å². The summed E-state index contributed by atoms with van der Waals surface area (Å²) in [5.74, 6) is 0.958. The highest BCUT2D eigenvalue weighted by molar-refractivity contribution is 5.89. The topological polar surface area (TPSA) is 85.7 Å². The van der Waals surface area contributed by atoms with Crippen molar-refractivity contribution in [2.45, 2.75) is 25.8 Å². The van der Waals surface area contributed by atoms with E-state index < -0.39 is 6.55 Å². The molecule has 1 saturated heterocycles. The third-order valence-corrected chi connectivity index (χ3v) is 4.57. The number of halogens is 2. The minimum absolute atomic E-state index is 0.256. The van der Waals surface area contributed by atoms with Crippen LogP contribution in [0, 0.1) is 5.92 Å². The van der Waals surface area contributed by atoms with Crippen molar-refractivity contribution in [3.8, 4) is 11.4 Å². The zero-order valence-electron chi connectivity index (χ0n) is 13.9. The highest BCUT2D eigenvalue weighted by Gasteiger charge is 2.18. The third-order valence-electron chi connectivity index (χ3n) is 4.57. The number of aromatic amines is 1. The second kappa shape index (κ2) is 6.91. The number of aromatic nitrogens is 5. The second-order valence-electron chi connectivity index (χ2n) is 6.31. The summed E-state index contributed by atoms with van der Waals surface area (Å²) in [5.41, 5.74) is 0.680. The summed E-state index contributed by atoms with van der Waals surface area (Å²) in [4.78, 5) is 28.0.